The molecule has 1 aliphatic rings. The zero-order valence-electron chi connectivity index (χ0n) is 14.1. The number of amides is 1. The van der Waals surface area contributed by atoms with E-state index in [0.717, 1.165) is 30.0 Å². The number of nitrogens with zero attached hydrogens (tertiary/aromatic N) is 2. The Bertz CT molecular complexity index is 897. The largest absolute Gasteiger partial charge is 0.346 e. The van der Waals surface area contributed by atoms with E-state index in [0.29, 0.717) is 12.1 Å². The number of nitrogens with one attached hydrogen (secondary N) is 2. The van der Waals surface area contributed by atoms with Gasteiger partial charge in [0.15, 0.2) is 0 Å². The van der Waals surface area contributed by atoms with Gasteiger partial charge < -0.3 is 10.6 Å². The van der Waals surface area contributed by atoms with Gasteiger partial charge in [0, 0.05) is 24.2 Å². The van der Waals surface area contributed by atoms with Crippen LogP contribution in [-0.4, -0.2) is 15.7 Å². The van der Waals surface area contributed by atoms with Crippen molar-refractivity contribution in [2.45, 2.75) is 26.6 Å². The van der Waals surface area contributed by atoms with E-state index in [4.69, 9.17) is 5.10 Å². The molecule has 0 aliphatic carbocycles. The third-order valence-electron chi connectivity index (χ3n) is 4.50. The summed E-state index contributed by atoms with van der Waals surface area (Å²) in [5.41, 5.74) is 6.13. The molecule has 1 aromatic heterocycles. The summed E-state index contributed by atoms with van der Waals surface area (Å²) >= 11 is 0. The van der Waals surface area contributed by atoms with Crippen LogP contribution in [0, 0.1) is 6.92 Å². The van der Waals surface area contributed by atoms with Gasteiger partial charge in [-0.05, 0) is 31.2 Å². The molecule has 25 heavy (non-hydrogen) atoms. The van der Waals surface area contributed by atoms with Gasteiger partial charge in [0.25, 0.3) is 5.91 Å². The van der Waals surface area contributed by atoms with Gasteiger partial charge in [-0.15, -0.1) is 0 Å². The first-order chi connectivity index (χ1) is 12.2. The SMILES string of the molecule is Cc1ccc(C(=O)NCc2nn(-c3ccccc3)c3c2CNC3)cc1. The Hall–Kier alpha value is -2.92. The number of carbonyl (C=O) groups excluding carboxylic acids is 1. The van der Waals surface area contributed by atoms with Crippen LogP contribution in [0.5, 0.6) is 0 Å². The predicted molar refractivity (Wildman–Crippen MR) is 96.5 cm³/mol. The Labute approximate surface area is 146 Å². The molecule has 126 valence electrons. The molecule has 0 atom stereocenters. The Balaban J connectivity index is 1.55. The molecule has 0 saturated carbocycles. The number of benzene rings is 2. The van der Waals surface area contributed by atoms with Crippen LogP contribution in [0.4, 0.5) is 0 Å². The monoisotopic (exact) mass is 332 g/mol. The van der Waals surface area contributed by atoms with Crippen molar-refractivity contribution < 1.29 is 4.79 Å². The average Bonchev–Trinajstić information content (AvgIpc) is 3.24. The number of para-hydroxylation sites is 1. The summed E-state index contributed by atoms with van der Waals surface area (Å²) in [6.45, 7) is 4.02. The lowest BCUT2D eigenvalue weighted by Gasteiger charge is -2.06. The second-order valence-corrected chi connectivity index (χ2v) is 6.27. The normalized spacial score (nSPS) is 12.8. The third kappa shape index (κ3) is 3.06. The molecule has 3 aromatic rings. The van der Waals surface area contributed by atoms with Gasteiger partial charge in [-0.1, -0.05) is 35.9 Å². The first-order valence-corrected chi connectivity index (χ1v) is 8.43. The van der Waals surface area contributed by atoms with Gasteiger partial charge in [0.1, 0.15) is 0 Å². The molecule has 2 N–H and O–H groups in total. The van der Waals surface area contributed by atoms with Crippen molar-refractivity contribution in [3.05, 3.63) is 82.7 Å². The smallest absolute Gasteiger partial charge is 0.251 e. The van der Waals surface area contributed by atoms with Crippen LogP contribution >= 0.6 is 0 Å². The quantitative estimate of drug-likeness (QED) is 0.772. The zero-order valence-corrected chi connectivity index (χ0v) is 14.1. The third-order valence-corrected chi connectivity index (χ3v) is 4.50. The van der Waals surface area contributed by atoms with Gasteiger partial charge in [-0.3, -0.25) is 4.79 Å². The zero-order chi connectivity index (χ0) is 17.2. The number of fused-ring (bicyclic) bond motifs is 1. The van der Waals surface area contributed by atoms with Crippen LogP contribution in [0.3, 0.4) is 0 Å². The summed E-state index contributed by atoms with van der Waals surface area (Å²) in [7, 11) is 0. The molecule has 5 nitrogen and oxygen atoms in total. The van der Waals surface area contributed by atoms with Gasteiger partial charge in [0.05, 0.1) is 23.6 Å². The summed E-state index contributed by atoms with van der Waals surface area (Å²) in [5.74, 6) is -0.0750. The number of aromatic nitrogens is 2. The number of hydrogen-bond donors (Lipinski definition) is 2. The van der Waals surface area contributed by atoms with Gasteiger partial charge >= 0.3 is 0 Å². The van der Waals surface area contributed by atoms with Gasteiger partial charge in [0.2, 0.25) is 0 Å². The Morgan fingerprint density at radius 3 is 2.64 bits per heavy atom. The van der Waals surface area contributed by atoms with Crippen LogP contribution in [-0.2, 0) is 19.6 Å². The maximum absolute atomic E-state index is 12.3. The van der Waals surface area contributed by atoms with E-state index in [1.165, 1.54) is 11.3 Å². The summed E-state index contributed by atoms with van der Waals surface area (Å²) in [6, 6.07) is 17.7. The molecule has 1 amide bonds. The minimum atomic E-state index is -0.0750. The predicted octanol–water partition coefficient (Wildman–Crippen LogP) is 2.71. The molecule has 0 radical (unpaired) electrons. The molecule has 0 unspecified atom stereocenters. The standard InChI is InChI=1S/C20H20N4O/c1-14-7-9-15(10-8-14)20(25)22-12-18-17-11-21-13-19(17)24(23-18)16-5-3-2-4-6-16/h2-10,21H,11-13H2,1H3,(H,22,25). The maximum atomic E-state index is 12.3. The first kappa shape index (κ1) is 15.6. The van der Waals surface area contributed by atoms with Crippen molar-refractivity contribution in [2.24, 2.45) is 0 Å². The van der Waals surface area contributed by atoms with E-state index in [2.05, 4.69) is 10.6 Å². The molecule has 0 bridgehead atoms. The van der Waals surface area contributed by atoms with E-state index >= 15 is 0 Å². The Kier molecular flexibility index (Phi) is 4.07. The fourth-order valence-corrected chi connectivity index (χ4v) is 3.12. The molecular weight excluding hydrogens is 312 g/mol. The Morgan fingerprint density at radius 2 is 1.88 bits per heavy atom. The molecule has 4 rings (SSSR count). The molecule has 0 saturated heterocycles. The van der Waals surface area contributed by atoms with E-state index in [-0.39, 0.29) is 5.91 Å². The van der Waals surface area contributed by atoms with Crippen LogP contribution < -0.4 is 10.6 Å². The fourth-order valence-electron chi connectivity index (χ4n) is 3.12. The lowest BCUT2D eigenvalue weighted by atomic mass is 10.1. The fraction of sp³-hybridized carbons (Fsp3) is 0.200. The van der Waals surface area contributed by atoms with E-state index in [1.807, 2.05) is 66.2 Å². The van der Waals surface area contributed by atoms with Crippen molar-refractivity contribution in [1.82, 2.24) is 20.4 Å². The van der Waals surface area contributed by atoms with Crippen LogP contribution in [0.25, 0.3) is 5.69 Å². The second-order valence-electron chi connectivity index (χ2n) is 6.27. The number of rotatable bonds is 4. The highest BCUT2D eigenvalue weighted by molar-refractivity contribution is 5.94. The van der Waals surface area contributed by atoms with Crippen molar-refractivity contribution in [3.63, 3.8) is 0 Å². The highest BCUT2D eigenvalue weighted by atomic mass is 16.1. The first-order valence-electron chi connectivity index (χ1n) is 8.43. The second kappa shape index (κ2) is 6.53. The van der Waals surface area contributed by atoms with Crippen molar-refractivity contribution >= 4 is 5.91 Å². The molecule has 0 spiro atoms. The summed E-state index contributed by atoms with van der Waals surface area (Å²) in [6.07, 6.45) is 0. The molecule has 0 fully saturated rings. The van der Waals surface area contributed by atoms with E-state index in [1.54, 1.807) is 0 Å². The molecule has 5 heteroatoms. The van der Waals surface area contributed by atoms with Crippen LogP contribution in [0.1, 0.15) is 32.9 Å². The van der Waals surface area contributed by atoms with Gasteiger partial charge in [-0.2, -0.15) is 5.10 Å². The Morgan fingerprint density at radius 1 is 1.12 bits per heavy atom. The summed E-state index contributed by atoms with van der Waals surface area (Å²) in [5, 5.41) is 11.1. The van der Waals surface area contributed by atoms with Crippen molar-refractivity contribution in [3.8, 4) is 5.69 Å². The number of carbonyl (C=O) groups is 1. The van der Waals surface area contributed by atoms with E-state index < -0.39 is 0 Å². The van der Waals surface area contributed by atoms with Crippen molar-refractivity contribution in [2.75, 3.05) is 0 Å². The molecular formula is C20H20N4O. The summed E-state index contributed by atoms with van der Waals surface area (Å²) in [4.78, 5) is 12.3. The number of hydrogen-bond acceptors (Lipinski definition) is 3. The topological polar surface area (TPSA) is 59.0 Å². The average molecular weight is 332 g/mol. The van der Waals surface area contributed by atoms with E-state index in [9.17, 15) is 4.79 Å². The minimum Gasteiger partial charge on any atom is -0.346 e. The molecule has 1 aliphatic heterocycles. The van der Waals surface area contributed by atoms with Crippen LogP contribution in [0.2, 0.25) is 0 Å². The summed E-state index contributed by atoms with van der Waals surface area (Å²) < 4.78 is 1.97. The number of aryl methyl sites for hydroxylation is 1. The lowest BCUT2D eigenvalue weighted by molar-refractivity contribution is 0.0950. The minimum absolute atomic E-state index is 0.0750. The highest BCUT2D eigenvalue weighted by Gasteiger charge is 2.23. The van der Waals surface area contributed by atoms with Gasteiger partial charge in [-0.25, -0.2) is 4.68 Å². The lowest BCUT2D eigenvalue weighted by Crippen LogP contribution is -2.23. The highest BCUT2D eigenvalue weighted by Crippen LogP contribution is 2.23. The molecule has 2 aromatic carbocycles. The van der Waals surface area contributed by atoms with Crippen LogP contribution in [0.15, 0.2) is 54.6 Å². The van der Waals surface area contributed by atoms with Crippen molar-refractivity contribution in [1.29, 1.82) is 0 Å². The molecule has 2 heterocycles. The maximum Gasteiger partial charge on any atom is 0.251 e.